The number of hydrogen-bond donors (Lipinski definition) is 1. The Bertz CT molecular complexity index is 198. The molecule has 0 spiro atoms. The van der Waals surface area contributed by atoms with Crippen molar-refractivity contribution in [1.82, 2.24) is 10.2 Å². The van der Waals surface area contributed by atoms with Gasteiger partial charge in [0, 0.05) is 19.1 Å². The van der Waals surface area contributed by atoms with Gasteiger partial charge in [-0.25, -0.2) is 0 Å². The van der Waals surface area contributed by atoms with Crippen LogP contribution in [0.1, 0.15) is 46.5 Å². The molecule has 88 valence electrons. The van der Waals surface area contributed by atoms with Crippen LogP contribution in [0.4, 0.5) is 0 Å². The molecule has 0 aromatic carbocycles. The van der Waals surface area contributed by atoms with Gasteiger partial charge in [-0.2, -0.15) is 0 Å². The van der Waals surface area contributed by atoms with Gasteiger partial charge in [-0.15, -0.1) is 0 Å². The third-order valence-corrected chi connectivity index (χ3v) is 3.31. The van der Waals surface area contributed by atoms with Gasteiger partial charge in [-0.05, 0) is 37.9 Å². The number of thiocarbonyl (C=S) groups is 1. The van der Waals surface area contributed by atoms with Gasteiger partial charge in [0.25, 0.3) is 0 Å². The molecule has 0 radical (unpaired) electrons. The Morgan fingerprint density at radius 1 is 1.40 bits per heavy atom. The summed E-state index contributed by atoms with van der Waals surface area (Å²) in [5, 5.41) is 4.45. The van der Waals surface area contributed by atoms with E-state index in [1.165, 1.54) is 25.7 Å². The molecule has 1 fully saturated rings. The largest absolute Gasteiger partial charge is 0.360 e. The molecule has 0 heterocycles. The zero-order chi connectivity index (χ0) is 11.3. The Morgan fingerprint density at radius 3 is 2.47 bits per heavy atom. The molecule has 15 heavy (non-hydrogen) atoms. The number of hydrogen-bond acceptors (Lipinski definition) is 1. The van der Waals surface area contributed by atoms with Crippen molar-refractivity contribution >= 4 is 17.3 Å². The van der Waals surface area contributed by atoms with E-state index >= 15 is 0 Å². The molecule has 1 aliphatic carbocycles. The van der Waals surface area contributed by atoms with E-state index in [0.717, 1.165) is 18.2 Å². The quantitative estimate of drug-likeness (QED) is 0.745. The van der Waals surface area contributed by atoms with Gasteiger partial charge in [0.1, 0.15) is 0 Å². The first-order chi connectivity index (χ1) is 7.13. The summed E-state index contributed by atoms with van der Waals surface area (Å²) in [6.07, 6.45) is 5.30. The highest BCUT2D eigenvalue weighted by molar-refractivity contribution is 7.80. The lowest BCUT2D eigenvalue weighted by Crippen LogP contribution is -2.45. The summed E-state index contributed by atoms with van der Waals surface area (Å²) in [6, 6.07) is 0.638. The fourth-order valence-electron chi connectivity index (χ4n) is 2.13. The van der Waals surface area contributed by atoms with Crippen LogP contribution in [0.15, 0.2) is 0 Å². The normalized spacial score (nSPS) is 17.1. The second kappa shape index (κ2) is 6.31. The van der Waals surface area contributed by atoms with Crippen molar-refractivity contribution in [2.24, 2.45) is 5.92 Å². The Morgan fingerprint density at radius 2 is 2.00 bits per heavy atom. The molecule has 2 nitrogen and oxygen atoms in total. The molecule has 0 atom stereocenters. The molecule has 0 aliphatic heterocycles. The summed E-state index contributed by atoms with van der Waals surface area (Å²) >= 11 is 5.44. The van der Waals surface area contributed by atoms with Crippen molar-refractivity contribution in [1.29, 1.82) is 0 Å². The maximum atomic E-state index is 5.44. The van der Waals surface area contributed by atoms with Gasteiger partial charge in [-0.1, -0.05) is 26.7 Å². The summed E-state index contributed by atoms with van der Waals surface area (Å²) in [5.74, 6) is 0.674. The predicted molar refractivity (Wildman–Crippen MR) is 70.1 cm³/mol. The maximum Gasteiger partial charge on any atom is 0.169 e. The second-order valence-corrected chi connectivity index (χ2v) is 5.25. The summed E-state index contributed by atoms with van der Waals surface area (Å²) in [7, 11) is 0. The highest BCUT2D eigenvalue weighted by Gasteiger charge is 2.17. The van der Waals surface area contributed by atoms with Crippen molar-refractivity contribution in [3.8, 4) is 0 Å². The molecule has 0 bridgehead atoms. The third-order valence-electron chi connectivity index (χ3n) is 2.94. The van der Waals surface area contributed by atoms with E-state index in [1.54, 1.807) is 0 Å². The summed E-state index contributed by atoms with van der Waals surface area (Å²) < 4.78 is 0. The monoisotopic (exact) mass is 228 g/mol. The zero-order valence-corrected chi connectivity index (χ0v) is 11.1. The lowest BCUT2D eigenvalue weighted by Gasteiger charge is -2.28. The van der Waals surface area contributed by atoms with Crippen LogP contribution in [-0.2, 0) is 0 Å². The van der Waals surface area contributed by atoms with Gasteiger partial charge in [0.2, 0.25) is 0 Å². The fourth-order valence-corrected chi connectivity index (χ4v) is 2.50. The summed E-state index contributed by atoms with van der Waals surface area (Å²) in [6.45, 7) is 8.72. The predicted octanol–water partition coefficient (Wildman–Crippen LogP) is 2.78. The zero-order valence-electron chi connectivity index (χ0n) is 10.3. The lowest BCUT2D eigenvalue weighted by atomic mass is 10.2. The first kappa shape index (κ1) is 12.8. The van der Waals surface area contributed by atoms with Crippen LogP contribution in [0.3, 0.4) is 0 Å². The van der Waals surface area contributed by atoms with Crippen LogP contribution >= 0.6 is 12.2 Å². The number of nitrogens with zero attached hydrogens (tertiary/aromatic N) is 1. The van der Waals surface area contributed by atoms with Gasteiger partial charge in [-0.3, -0.25) is 0 Å². The lowest BCUT2D eigenvalue weighted by molar-refractivity contribution is 0.370. The Balaban J connectivity index is 2.34. The van der Waals surface area contributed by atoms with E-state index in [2.05, 4.69) is 31.0 Å². The van der Waals surface area contributed by atoms with E-state index in [-0.39, 0.29) is 0 Å². The number of rotatable bonds is 4. The molecule has 0 aromatic heterocycles. The van der Waals surface area contributed by atoms with Crippen LogP contribution in [-0.4, -0.2) is 29.1 Å². The average molecular weight is 228 g/mol. The Hall–Kier alpha value is -0.310. The van der Waals surface area contributed by atoms with Crippen molar-refractivity contribution in [2.75, 3.05) is 13.1 Å². The van der Waals surface area contributed by atoms with E-state index < -0.39 is 0 Å². The molecule has 1 N–H and O–H groups in total. The first-order valence-corrected chi connectivity index (χ1v) is 6.59. The van der Waals surface area contributed by atoms with Crippen molar-refractivity contribution in [2.45, 2.75) is 52.5 Å². The van der Waals surface area contributed by atoms with Crippen LogP contribution in [0, 0.1) is 5.92 Å². The van der Waals surface area contributed by atoms with Crippen LogP contribution in [0.5, 0.6) is 0 Å². The SMILES string of the molecule is CCN(CC(C)C)C(=S)NC1CCCC1. The van der Waals surface area contributed by atoms with Crippen LogP contribution in [0.25, 0.3) is 0 Å². The van der Waals surface area contributed by atoms with Gasteiger partial charge >= 0.3 is 0 Å². The highest BCUT2D eigenvalue weighted by Crippen LogP contribution is 2.17. The molecule has 0 saturated heterocycles. The average Bonchev–Trinajstić information content (AvgIpc) is 2.66. The summed E-state index contributed by atoms with van der Waals surface area (Å²) in [4.78, 5) is 2.28. The molecule has 1 saturated carbocycles. The van der Waals surface area contributed by atoms with Gasteiger partial charge in [0.15, 0.2) is 5.11 Å². The minimum Gasteiger partial charge on any atom is -0.360 e. The number of nitrogens with one attached hydrogen (secondary N) is 1. The topological polar surface area (TPSA) is 15.3 Å². The van der Waals surface area contributed by atoms with Gasteiger partial charge < -0.3 is 10.2 Å². The van der Waals surface area contributed by atoms with Crippen molar-refractivity contribution < 1.29 is 0 Å². The smallest absolute Gasteiger partial charge is 0.169 e. The van der Waals surface area contributed by atoms with Crippen molar-refractivity contribution in [3.63, 3.8) is 0 Å². The van der Waals surface area contributed by atoms with E-state index in [9.17, 15) is 0 Å². The molecule has 1 rings (SSSR count). The minimum absolute atomic E-state index is 0.638. The minimum atomic E-state index is 0.638. The fraction of sp³-hybridized carbons (Fsp3) is 0.917. The standard InChI is InChI=1S/C12H24N2S/c1-4-14(9-10(2)3)12(15)13-11-7-5-6-8-11/h10-11H,4-9H2,1-3H3,(H,13,15). The van der Waals surface area contributed by atoms with Crippen LogP contribution < -0.4 is 5.32 Å². The Kier molecular flexibility index (Phi) is 5.37. The van der Waals surface area contributed by atoms with Crippen molar-refractivity contribution in [3.05, 3.63) is 0 Å². The van der Waals surface area contributed by atoms with Crippen LogP contribution in [0.2, 0.25) is 0 Å². The molecule has 0 amide bonds. The molecule has 0 aromatic rings. The Labute approximate surface area is 99.4 Å². The molecular weight excluding hydrogens is 204 g/mol. The molecule has 0 unspecified atom stereocenters. The molecular formula is C12H24N2S. The van der Waals surface area contributed by atoms with E-state index in [4.69, 9.17) is 12.2 Å². The summed E-state index contributed by atoms with van der Waals surface area (Å²) in [5.41, 5.74) is 0. The first-order valence-electron chi connectivity index (χ1n) is 6.19. The third kappa shape index (κ3) is 4.37. The molecule has 1 aliphatic rings. The van der Waals surface area contributed by atoms with E-state index in [1.807, 2.05) is 0 Å². The molecule has 3 heteroatoms. The van der Waals surface area contributed by atoms with Gasteiger partial charge in [0.05, 0.1) is 0 Å². The van der Waals surface area contributed by atoms with E-state index in [0.29, 0.717) is 12.0 Å². The highest BCUT2D eigenvalue weighted by atomic mass is 32.1. The maximum absolute atomic E-state index is 5.44. The second-order valence-electron chi connectivity index (χ2n) is 4.86.